The Labute approximate surface area is 91.3 Å². The third kappa shape index (κ3) is 3.74. The van der Waals surface area contributed by atoms with Crippen LogP contribution in [0.5, 0.6) is 0 Å². The van der Waals surface area contributed by atoms with Crippen molar-refractivity contribution in [1.29, 1.82) is 0 Å². The van der Waals surface area contributed by atoms with Gasteiger partial charge in [-0.3, -0.25) is 0 Å². The Balaban J connectivity index is 2.65. The van der Waals surface area contributed by atoms with Crippen LogP contribution in [0.4, 0.5) is 0 Å². The molecule has 2 heteroatoms. The number of esters is 1. The zero-order chi connectivity index (χ0) is 11.3. The van der Waals surface area contributed by atoms with Gasteiger partial charge in [-0.25, -0.2) is 4.79 Å². The maximum absolute atomic E-state index is 11.6. The fourth-order valence-corrected chi connectivity index (χ4v) is 1.24. The molecule has 0 atom stereocenters. The molecule has 0 saturated heterocycles. The van der Waals surface area contributed by atoms with Crippen molar-refractivity contribution in [3.63, 3.8) is 0 Å². The van der Waals surface area contributed by atoms with E-state index in [9.17, 15) is 4.79 Å². The smallest absolute Gasteiger partial charge is 0.338 e. The minimum absolute atomic E-state index is 0.223. The van der Waals surface area contributed by atoms with Crippen LogP contribution in [-0.2, 0) is 11.2 Å². The topological polar surface area (TPSA) is 26.3 Å². The standard InChI is InChI=1S/C13H18O2/c1-4-11-6-5-7-12(8-11)13(14)15-9-10(2)3/h5-8,10H,4,9H2,1-3H3. The minimum atomic E-state index is -0.223. The lowest BCUT2D eigenvalue weighted by Gasteiger charge is -2.07. The molecule has 0 aromatic heterocycles. The quantitative estimate of drug-likeness (QED) is 0.708. The van der Waals surface area contributed by atoms with E-state index in [2.05, 4.69) is 6.92 Å². The molecule has 0 aliphatic rings. The lowest BCUT2D eigenvalue weighted by atomic mass is 10.1. The normalized spacial score (nSPS) is 10.4. The Morgan fingerprint density at radius 3 is 2.73 bits per heavy atom. The first-order valence-corrected chi connectivity index (χ1v) is 5.39. The van der Waals surface area contributed by atoms with Crippen LogP contribution in [-0.4, -0.2) is 12.6 Å². The van der Waals surface area contributed by atoms with Crippen LogP contribution in [0, 0.1) is 5.92 Å². The highest BCUT2D eigenvalue weighted by molar-refractivity contribution is 5.89. The highest BCUT2D eigenvalue weighted by atomic mass is 16.5. The second-order valence-electron chi connectivity index (χ2n) is 4.05. The Bertz CT molecular complexity index is 329. The molecule has 1 aromatic rings. The van der Waals surface area contributed by atoms with Gasteiger partial charge in [0.2, 0.25) is 0 Å². The van der Waals surface area contributed by atoms with Crippen molar-refractivity contribution < 1.29 is 9.53 Å². The van der Waals surface area contributed by atoms with Gasteiger partial charge in [0.25, 0.3) is 0 Å². The third-order valence-corrected chi connectivity index (χ3v) is 2.12. The number of hydrogen-bond donors (Lipinski definition) is 0. The third-order valence-electron chi connectivity index (χ3n) is 2.12. The van der Waals surface area contributed by atoms with Gasteiger partial charge in [0.1, 0.15) is 0 Å². The summed E-state index contributed by atoms with van der Waals surface area (Å²) in [5.41, 5.74) is 1.81. The lowest BCUT2D eigenvalue weighted by molar-refractivity contribution is 0.0459. The number of ether oxygens (including phenoxy) is 1. The first-order valence-electron chi connectivity index (χ1n) is 5.39. The van der Waals surface area contributed by atoms with Crippen LogP contribution in [0.1, 0.15) is 36.7 Å². The predicted molar refractivity (Wildman–Crippen MR) is 60.9 cm³/mol. The Morgan fingerprint density at radius 1 is 1.40 bits per heavy atom. The molecule has 0 heterocycles. The van der Waals surface area contributed by atoms with E-state index >= 15 is 0 Å². The van der Waals surface area contributed by atoms with Gasteiger partial charge in [-0.2, -0.15) is 0 Å². The average Bonchev–Trinajstić information content (AvgIpc) is 2.26. The molecule has 15 heavy (non-hydrogen) atoms. The molecule has 1 aromatic carbocycles. The van der Waals surface area contributed by atoms with Crippen LogP contribution < -0.4 is 0 Å². The molecule has 0 N–H and O–H groups in total. The van der Waals surface area contributed by atoms with E-state index in [1.165, 1.54) is 0 Å². The lowest BCUT2D eigenvalue weighted by Crippen LogP contribution is -2.10. The monoisotopic (exact) mass is 206 g/mol. The maximum atomic E-state index is 11.6. The SMILES string of the molecule is CCc1cccc(C(=O)OCC(C)C)c1. The number of carbonyl (C=O) groups excluding carboxylic acids is 1. The van der Waals surface area contributed by atoms with E-state index in [0.29, 0.717) is 18.1 Å². The number of benzene rings is 1. The molecule has 0 bridgehead atoms. The molecule has 2 nitrogen and oxygen atoms in total. The number of aryl methyl sites for hydroxylation is 1. The summed E-state index contributed by atoms with van der Waals surface area (Å²) in [5.74, 6) is 0.155. The Morgan fingerprint density at radius 2 is 2.13 bits per heavy atom. The summed E-state index contributed by atoms with van der Waals surface area (Å²) in [6.45, 7) is 6.60. The summed E-state index contributed by atoms with van der Waals surface area (Å²) in [6, 6.07) is 7.59. The van der Waals surface area contributed by atoms with E-state index in [1.54, 1.807) is 6.07 Å². The molecule has 0 unspecified atom stereocenters. The first-order chi connectivity index (χ1) is 7.13. The molecule has 0 aliphatic carbocycles. The van der Waals surface area contributed by atoms with E-state index < -0.39 is 0 Å². The van der Waals surface area contributed by atoms with Crippen LogP contribution >= 0.6 is 0 Å². The fraction of sp³-hybridized carbons (Fsp3) is 0.462. The number of rotatable bonds is 4. The Kier molecular flexibility index (Phi) is 4.35. The number of hydrogen-bond acceptors (Lipinski definition) is 2. The van der Waals surface area contributed by atoms with Gasteiger partial charge in [0.15, 0.2) is 0 Å². The zero-order valence-electron chi connectivity index (χ0n) is 9.62. The van der Waals surface area contributed by atoms with Crippen LogP contribution in [0.3, 0.4) is 0 Å². The van der Waals surface area contributed by atoms with Gasteiger partial charge in [-0.15, -0.1) is 0 Å². The second-order valence-corrected chi connectivity index (χ2v) is 4.05. The van der Waals surface area contributed by atoms with Crippen molar-refractivity contribution >= 4 is 5.97 Å². The average molecular weight is 206 g/mol. The van der Waals surface area contributed by atoms with Crippen molar-refractivity contribution in [2.45, 2.75) is 27.2 Å². The van der Waals surface area contributed by atoms with Gasteiger partial charge in [0, 0.05) is 0 Å². The van der Waals surface area contributed by atoms with Crippen molar-refractivity contribution in [3.05, 3.63) is 35.4 Å². The van der Waals surface area contributed by atoms with E-state index in [0.717, 1.165) is 12.0 Å². The molecule has 0 spiro atoms. The molecule has 82 valence electrons. The van der Waals surface area contributed by atoms with Crippen LogP contribution in [0.15, 0.2) is 24.3 Å². The predicted octanol–water partition coefficient (Wildman–Crippen LogP) is 3.06. The summed E-state index contributed by atoms with van der Waals surface area (Å²) in [6.07, 6.45) is 0.936. The molecular weight excluding hydrogens is 188 g/mol. The van der Waals surface area contributed by atoms with Gasteiger partial charge < -0.3 is 4.74 Å². The second kappa shape index (κ2) is 5.54. The van der Waals surface area contributed by atoms with E-state index in [4.69, 9.17) is 4.74 Å². The zero-order valence-corrected chi connectivity index (χ0v) is 9.62. The number of carbonyl (C=O) groups is 1. The van der Waals surface area contributed by atoms with Crippen molar-refractivity contribution in [3.8, 4) is 0 Å². The van der Waals surface area contributed by atoms with Gasteiger partial charge >= 0.3 is 5.97 Å². The molecule has 0 fully saturated rings. The summed E-state index contributed by atoms with van der Waals surface area (Å²) < 4.78 is 5.15. The largest absolute Gasteiger partial charge is 0.462 e. The maximum Gasteiger partial charge on any atom is 0.338 e. The van der Waals surface area contributed by atoms with Gasteiger partial charge in [-0.1, -0.05) is 32.9 Å². The summed E-state index contributed by atoms with van der Waals surface area (Å²) in [5, 5.41) is 0. The Hall–Kier alpha value is -1.31. The molecule has 1 rings (SSSR count). The van der Waals surface area contributed by atoms with Crippen molar-refractivity contribution in [1.82, 2.24) is 0 Å². The first kappa shape index (κ1) is 11.8. The van der Waals surface area contributed by atoms with E-state index in [-0.39, 0.29) is 5.97 Å². The molecular formula is C13H18O2. The minimum Gasteiger partial charge on any atom is -0.462 e. The molecule has 0 radical (unpaired) electrons. The van der Waals surface area contributed by atoms with Gasteiger partial charge in [-0.05, 0) is 30.0 Å². The van der Waals surface area contributed by atoms with Gasteiger partial charge in [0.05, 0.1) is 12.2 Å². The highest BCUT2D eigenvalue weighted by Crippen LogP contribution is 2.08. The fourth-order valence-electron chi connectivity index (χ4n) is 1.24. The van der Waals surface area contributed by atoms with Crippen molar-refractivity contribution in [2.24, 2.45) is 5.92 Å². The van der Waals surface area contributed by atoms with E-state index in [1.807, 2.05) is 32.0 Å². The summed E-state index contributed by atoms with van der Waals surface area (Å²) in [7, 11) is 0. The highest BCUT2D eigenvalue weighted by Gasteiger charge is 2.07. The van der Waals surface area contributed by atoms with Crippen LogP contribution in [0.25, 0.3) is 0 Å². The molecule has 0 aliphatic heterocycles. The summed E-state index contributed by atoms with van der Waals surface area (Å²) >= 11 is 0. The molecule has 0 saturated carbocycles. The van der Waals surface area contributed by atoms with Crippen molar-refractivity contribution in [2.75, 3.05) is 6.61 Å². The molecule has 0 amide bonds. The summed E-state index contributed by atoms with van der Waals surface area (Å²) in [4.78, 5) is 11.6. The van der Waals surface area contributed by atoms with Crippen LogP contribution in [0.2, 0.25) is 0 Å².